The third kappa shape index (κ3) is 8.41. The minimum atomic E-state index is -0.503. The van der Waals surface area contributed by atoms with Crippen LogP contribution in [0.4, 0.5) is 5.69 Å². The van der Waals surface area contributed by atoms with Crippen LogP contribution in [0.15, 0.2) is 127 Å². The smallest absolute Gasteiger partial charge is 0.269 e. The number of carbonyl (C=O) groups is 2. The van der Waals surface area contributed by atoms with Crippen LogP contribution >= 0.6 is 0 Å². The van der Waals surface area contributed by atoms with Gasteiger partial charge in [0.1, 0.15) is 19.8 Å². The molecule has 49 heavy (non-hydrogen) atoms. The number of nitro groups is 1. The summed E-state index contributed by atoms with van der Waals surface area (Å²) in [6, 6.07) is 38.2. The first-order valence-electron chi connectivity index (χ1n) is 16.0. The largest absolute Gasteiger partial charge is 0.485 e. The lowest BCUT2D eigenvalue weighted by atomic mass is 10.1. The van der Waals surface area contributed by atoms with Crippen molar-refractivity contribution in [1.29, 1.82) is 0 Å². The van der Waals surface area contributed by atoms with E-state index in [2.05, 4.69) is 0 Å². The number of piperazine rings is 1. The molecule has 1 saturated heterocycles. The molecular weight excluding hydrogens is 622 g/mol. The zero-order valence-electron chi connectivity index (χ0n) is 26.8. The fraction of sp³-hybridized carbons (Fsp3) is 0.179. The molecule has 0 unspecified atom stereocenters. The molecule has 5 aromatic carbocycles. The van der Waals surface area contributed by atoms with Crippen LogP contribution < -0.4 is 14.2 Å². The molecule has 2 amide bonds. The lowest BCUT2D eigenvalue weighted by molar-refractivity contribution is -0.384. The highest BCUT2D eigenvalue weighted by atomic mass is 16.6. The van der Waals surface area contributed by atoms with Crippen molar-refractivity contribution in [1.82, 2.24) is 9.80 Å². The van der Waals surface area contributed by atoms with Crippen LogP contribution in [0.25, 0.3) is 0 Å². The second kappa shape index (κ2) is 15.6. The summed E-state index contributed by atoms with van der Waals surface area (Å²) in [5.41, 5.74) is 3.52. The molecule has 0 radical (unpaired) electrons. The molecule has 1 aliphatic rings. The van der Waals surface area contributed by atoms with Gasteiger partial charge in [0, 0.05) is 49.4 Å². The van der Waals surface area contributed by atoms with Gasteiger partial charge >= 0.3 is 0 Å². The average Bonchev–Trinajstić information content (AvgIpc) is 3.16. The third-order valence-corrected chi connectivity index (χ3v) is 8.15. The van der Waals surface area contributed by atoms with Crippen molar-refractivity contribution >= 4 is 17.5 Å². The summed E-state index contributed by atoms with van der Waals surface area (Å²) in [4.78, 5) is 40.9. The summed E-state index contributed by atoms with van der Waals surface area (Å²) < 4.78 is 19.0. The highest BCUT2D eigenvalue weighted by Crippen LogP contribution is 2.41. The molecule has 0 saturated carbocycles. The predicted molar refractivity (Wildman–Crippen MR) is 184 cm³/mol. The van der Waals surface area contributed by atoms with E-state index in [0.717, 1.165) is 16.7 Å². The minimum absolute atomic E-state index is 0.0808. The van der Waals surface area contributed by atoms with Crippen molar-refractivity contribution in [2.75, 3.05) is 26.2 Å². The fourth-order valence-electron chi connectivity index (χ4n) is 5.46. The second-order valence-electron chi connectivity index (χ2n) is 11.5. The first-order valence-corrected chi connectivity index (χ1v) is 16.0. The van der Waals surface area contributed by atoms with Crippen LogP contribution in [0.5, 0.6) is 17.2 Å². The number of rotatable bonds is 12. The van der Waals surface area contributed by atoms with Gasteiger partial charge in [-0.15, -0.1) is 0 Å². The Morgan fingerprint density at radius 2 is 0.939 bits per heavy atom. The molecule has 5 aromatic rings. The Morgan fingerprint density at radius 1 is 0.551 bits per heavy atom. The Bertz CT molecular complexity index is 1810. The molecule has 0 bridgehead atoms. The predicted octanol–water partition coefficient (Wildman–Crippen LogP) is 6.93. The van der Waals surface area contributed by atoms with Gasteiger partial charge in [0.25, 0.3) is 17.5 Å². The number of benzene rings is 5. The number of hydrogen-bond donors (Lipinski definition) is 0. The van der Waals surface area contributed by atoms with Crippen LogP contribution in [-0.4, -0.2) is 52.7 Å². The number of nitro benzene ring substituents is 1. The molecule has 0 N–H and O–H groups in total. The van der Waals surface area contributed by atoms with E-state index in [1.54, 1.807) is 21.9 Å². The Balaban J connectivity index is 1.24. The molecular formula is C39H35N3O7. The van der Waals surface area contributed by atoms with Crippen LogP contribution in [-0.2, 0) is 19.8 Å². The monoisotopic (exact) mass is 657 g/mol. The van der Waals surface area contributed by atoms with Crippen LogP contribution in [0.3, 0.4) is 0 Å². The molecule has 248 valence electrons. The molecule has 6 rings (SSSR count). The van der Waals surface area contributed by atoms with Gasteiger partial charge in [-0.1, -0.05) is 91.0 Å². The van der Waals surface area contributed by atoms with Crippen molar-refractivity contribution in [3.8, 4) is 17.2 Å². The zero-order valence-corrected chi connectivity index (χ0v) is 26.8. The second-order valence-corrected chi connectivity index (χ2v) is 11.5. The molecule has 1 aliphatic heterocycles. The summed E-state index contributed by atoms with van der Waals surface area (Å²) in [5, 5.41) is 11.0. The van der Waals surface area contributed by atoms with Crippen molar-refractivity contribution in [3.05, 3.63) is 165 Å². The summed E-state index contributed by atoms with van der Waals surface area (Å²) >= 11 is 0. The van der Waals surface area contributed by atoms with E-state index in [1.807, 2.05) is 91.0 Å². The maximum atomic E-state index is 14.0. The van der Waals surface area contributed by atoms with E-state index < -0.39 is 4.92 Å². The highest BCUT2D eigenvalue weighted by Gasteiger charge is 2.28. The molecule has 10 heteroatoms. The van der Waals surface area contributed by atoms with Crippen LogP contribution in [0.2, 0.25) is 0 Å². The molecule has 1 fully saturated rings. The zero-order chi connectivity index (χ0) is 34.0. The van der Waals surface area contributed by atoms with Gasteiger partial charge < -0.3 is 24.0 Å². The molecule has 0 atom stereocenters. The highest BCUT2D eigenvalue weighted by molar-refractivity contribution is 5.97. The quantitative estimate of drug-likeness (QED) is 0.106. The Labute approximate surface area is 284 Å². The summed E-state index contributed by atoms with van der Waals surface area (Å²) in [7, 11) is 0. The first kappa shape index (κ1) is 32.8. The Kier molecular flexibility index (Phi) is 10.4. The summed E-state index contributed by atoms with van der Waals surface area (Å²) in [6.45, 7) is 2.02. The van der Waals surface area contributed by atoms with Gasteiger partial charge in [0.15, 0.2) is 11.5 Å². The van der Waals surface area contributed by atoms with E-state index in [0.29, 0.717) is 54.6 Å². The molecule has 10 nitrogen and oxygen atoms in total. The topological polar surface area (TPSA) is 111 Å². The minimum Gasteiger partial charge on any atom is -0.485 e. The number of amides is 2. The van der Waals surface area contributed by atoms with Crippen molar-refractivity contribution in [2.24, 2.45) is 0 Å². The maximum Gasteiger partial charge on any atom is 0.269 e. The fourth-order valence-corrected chi connectivity index (χ4v) is 5.46. The van der Waals surface area contributed by atoms with Crippen LogP contribution in [0.1, 0.15) is 37.4 Å². The van der Waals surface area contributed by atoms with Gasteiger partial charge in [0.2, 0.25) is 5.75 Å². The van der Waals surface area contributed by atoms with Gasteiger partial charge in [-0.05, 0) is 41.0 Å². The first-order chi connectivity index (χ1) is 23.9. The standard InChI is InChI=1S/C39H35N3O7/c43-38(32-16-18-34(19-17-32)42(45)46)40-20-22-41(23-21-40)39(44)33-24-35(47-26-29-10-4-1-5-11-29)37(49-28-31-14-8-3-9-15-31)36(25-33)48-27-30-12-6-2-7-13-30/h1-19,24-25H,20-23,26-28H2. The number of nitrogens with zero attached hydrogens (tertiary/aromatic N) is 3. The van der Waals surface area contributed by atoms with E-state index >= 15 is 0 Å². The molecule has 1 heterocycles. The molecule has 0 aromatic heterocycles. The SMILES string of the molecule is O=C(c1ccc([N+](=O)[O-])cc1)N1CCN(C(=O)c2cc(OCc3ccccc3)c(OCc3ccccc3)c(OCc3ccccc3)c2)CC1. The summed E-state index contributed by atoms with van der Waals surface area (Å²) in [5.74, 6) is 0.674. The van der Waals surface area contributed by atoms with E-state index in [-0.39, 0.29) is 37.3 Å². The number of non-ortho nitro benzene ring substituents is 1. The average molecular weight is 658 g/mol. The van der Waals surface area contributed by atoms with Gasteiger partial charge in [0.05, 0.1) is 4.92 Å². The van der Waals surface area contributed by atoms with Crippen LogP contribution in [0, 0.1) is 10.1 Å². The van der Waals surface area contributed by atoms with Gasteiger partial charge in [-0.25, -0.2) is 0 Å². The lowest BCUT2D eigenvalue weighted by Crippen LogP contribution is -2.50. The number of hydrogen-bond acceptors (Lipinski definition) is 7. The van der Waals surface area contributed by atoms with Crippen molar-refractivity contribution in [3.63, 3.8) is 0 Å². The molecule has 0 spiro atoms. The number of ether oxygens (including phenoxy) is 3. The maximum absolute atomic E-state index is 14.0. The third-order valence-electron chi connectivity index (χ3n) is 8.15. The van der Waals surface area contributed by atoms with Gasteiger partial charge in [-0.2, -0.15) is 0 Å². The van der Waals surface area contributed by atoms with E-state index in [9.17, 15) is 19.7 Å². The van der Waals surface area contributed by atoms with E-state index in [4.69, 9.17) is 14.2 Å². The lowest BCUT2D eigenvalue weighted by Gasteiger charge is -2.35. The molecule has 0 aliphatic carbocycles. The van der Waals surface area contributed by atoms with Crippen molar-refractivity contribution in [2.45, 2.75) is 19.8 Å². The van der Waals surface area contributed by atoms with Gasteiger partial charge in [-0.3, -0.25) is 19.7 Å². The summed E-state index contributed by atoms with van der Waals surface area (Å²) in [6.07, 6.45) is 0. The number of carbonyl (C=O) groups excluding carboxylic acids is 2. The van der Waals surface area contributed by atoms with Crippen molar-refractivity contribution < 1.29 is 28.7 Å². The van der Waals surface area contributed by atoms with E-state index in [1.165, 1.54) is 24.3 Å². The Morgan fingerprint density at radius 3 is 1.35 bits per heavy atom. The Hall–Kier alpha value is -6.16. The normalized spacial score (nSPS) is 12.7.